The van der Waals surface area contributed by atoms with Gasteiger partial charge in [0.25, 0.3) is 10.0 Å². The third kappa shape index (κ3) is 5.32. The molecule has 0 atom stereocenters. The van der Waals surface area contributed by atoms with Crippen LogP contribution in [0.15, 0.2) is 47.4 Å². The van der Waals surface area contributed by atoms with E-state index in [0.29, 0.717) is 12.2 Å². The second kappa shape index (κ2) is 8.57. The Hall–Kier alpha value is -2.34. The zero-order chi connectivity index (χ0) is 20.2. The van der Waals surface area contributed by atoms with E-state index in [9.17, 15) is 13.2 Å². The van der Waals surface area contributed by atoms with E-state index in [2.05, 4.69) is 5.32 Å². The third-order valence-corrected chi connectivity index (χ3v) is 6.00. The standard InChI is InChI=1S/C21H28N2O3S/c1-15(2)13-22-21(24)14-23(20-11-8-17(4)12-18(20)5)27(25,26)19-9-6-16(3)7-10-19/h6-12,15H,13-14H2,1-5H3,(H,22,24). The number of rotatable bonds is 7. The lowest BCUT2D eigenvalue weighted by Gasteiger charge is -2.26. The summed E-state index contributed by atoms with van der Waals surface area (Å²) in [5, 5.41) is 2.80. The van der Waals surface area contributed by atoms with E-state index in [1.807, 2.05) is 46.8 Å². The molecule has 146 valence electrons. The summed E-state index contributed by atoms with van der Waals surface area (Å²) in [7, 11) is -3.87. The minimum absolute atomic E-state index is 0.171. The molecule has 2 aromatic carbocycles. The number of hydrogen-bond acceptors (Lipinski definition) is 3. The highest BCUT2D eigenvalue weighted by atomic mass is 32.2. The molecule has 6 heteroatoms. The SMILES string of the molecule is Cc1ccc(S(=O)(=O)N(CC(=O)NCC(C)C)c2ccc(C)cc2C)cc1. The van der Waals surface area contributed by atoms with Crippen LogP contribution in [0.25, 0.3) is 0 Å². The summed E-state index contributed by atoms with van der Waals surface area (Å²) in [6, 6.07) is 12.2. The molecular weight excluding hydrogens is 360 g/mol. The zero-order valence-corrected chi connectivity index (χ0v) is 17.4. The van der Waals surface area contributed by atoms with E-state index in [1.165, 1.54) is 4.31 Å². The van der Waals surface area contributed by atoms with E-state index in [-0.39, 0.29) is 23.3 Å². The molecule has 2 aromatic rings. The van der Waals surface area contributed by atoms with Crippen molar-refractivity contribution in [2.24, 2.45) is 5.92 Å². The smallest absolute Gasteiger partial charge is 0.264 e. The van der Waals surface area contributed by atoms with Gasteiger partial charge in [0.15, 0.2) is 0 Å². The molecule has 2 rings (SSSR count). The van der Waals surface area contributed by atoms with E-state index in [0.717, 1.165) is 16.7 Å². The van der Waals surface area contributed by atoms with Crippen molar-refractivity contribution >= 4 is 21.6 Å². The number of benzene rings is 2. The van der Waals surface area contributed by atoms with Gasteiger partial charge in [0.2, 0.25) is 5.91 Å². The Bertz CT molecular complexity index is 904. The Morgan fingerprint density at radius 1 is 1.00 bits per heavy atom. The second-order valence-electron chi connectivity index (χ2n) is 7.31. The Balaban J connectivity index is 2.45. The Kier molecular flexibility index (Phi) is 6.65. The minimum Gasteiger partial charge on any atom is -0.354 e. The third-order valence-electron chi connectivity index (χ3n) is 4.22. The molecule has 0 bridgehead atoms. The number of aryl methyl sites for hydroxylation is 3. The Morgan fingerprint density at radius 2 is 1.59 bits per heavy atom. The average molecular weight is 389 g/mol. The maximum absolute atomic E-state index is 13.3. The molecule has 0 saturated carbocycles. The zero-order valence-electron chi connectivity index (χ0n) is 16.6. The van der Waals surface area contributed by atoms with Crippen molar-refractivity contribution in [3.63, 3.8) is 0 Å². The van der Waals surface area contributed by atoms with Crippen LogP contribution in [0.3, 0.4) is 0 Å². The number of sulfonamides is 1. The lowest BCUT2D eigenvalue weighted by Crippen LogP contribution is -2.42. The molecule has 0 spiro atoms. The summed E-state index contributed by atoms with van der Waals surface area (Å²) in [6.07, 6.45) is 0. The van der Waals surface area contributed by atoms with Gasteiger partial charge in [0, 0.05) is 6.54 Å². The molecule has 0 aliphatic heterocycles. The van der Waals surface area contributed by atoms with Crippen molar-refractivity contribution in [2.75, 3.05) is 17.4 Å². The maximum Gasteiger partial charge on any atom is 0.264 e. The maximum atomic E-state index is 13.3. The molecular formula is C21H28N2O3S. The topological polar surface area (TPSA) is 66.5 Å². The fourth-order valence-corrected chi connectivity index (χ4v) is 4.21. The van der Waals surface area contributed by atoms with Crippen molar-refractivity contribution in [2.45, 2.75) is 39.5 Å². The minimum atomic E-state index is -3.87. The van der Waals surface area contributed by atoms with Gasteiger partial charge < -0.3 is 5.32 Å². The summed E-state index contributed by atoms with van der Waals surface area (Å²) in [5.74, 6) is -0.0309. The normalized spacial score (nSPS) is 11.5. The first-order chi connectivity index (χ1) is 12.6. The number of hydrogen-bond donors (Lipinski definition) is 1. The van der Waals surface area contributed by atoms with Crippen LogP contribution in [-0.4, -0.2) is 27.4 Å². The van der Waals surface area contributed by atoms with Gasteiger partial charge in [-0.2, -0.15) is 0 Å². The molecule has 0 aliphatic rings. The van der Waals surface area contributed by atoms with E-state index < -0.39 is 10.0 Å². The lowest BCUT2D eigenvalue weighted by molar-refractivity contribution is -0.119. The highest BCUT2D eigenvalue weighted by Crippen LogP contribution is 2.27. The monoisotopic (exact) mass is 388 g/mol. The van der Waals surface area contributed by atoms with Crippen LogP contribution < -0.4 is 9.62 Å². The summed E-state index contributed by atoms with van der Waals surface area (Å²) >= 11 is 0. The highest BCUT2D eigenvalue weighted by Gasteiger charge is 2.28. The van der Waals surface area contributed by atoms with Gasteiger partial charge in [-0.25, -0.2) is 8.42 Å². The summed E-state index contributed by atoms with van der Waals surface area (Å²) in [6.45, 7) is 9.93. The van der Waals surface area contributed by atoms with Gasteiger partial charge in [-0.05, 0) is 50.5 Å². The number of nitrogens with zero attached hydrogens (tertiary/aromatic N) is 1. The molecule has 1 amide bonds. The van der Waals surface area contributed by atoms with Crippen molar-refractivity contribution < 1.29 is 13.2 Å². The van der Waals surface area contributed by atoms with Crippen molar-refractivity contribution in [3.8, 4) is 0 Å². The van der Waals surface area contributed by atoms with Crippen LogP contribution >= 0.6 is 0 Å². The first kappa shape index (κ1) is 21.0. The number of carbonyl (C=O) groups is 1. The first-order valence-electron chi connectivity index (χ1n) is 9.04. The van der Waals surface area contributed by atoms with Gasteiger partial charge in [-0.3, -0.25) is 9.10 Å². The van der Waals surface area contributed by atoms with Gasteiger partial charge in [0.05, 0.1) is 10.6 Å². The van der Waals surface area contributed by atoms with Crippen LogP contribution in [0.4, 0.5) is 5.69 Å². The first-order valence-corrected chi connectivity index (χ1v) is 10.5. The molecule has 0 aromatic heterocycles. The molecule has 1 N–H and O–H groups in total. The predicted molar refractivity (Wildman–Crippen MR) is 109 cm³/mol. The van der Waals surface area contributed by atoms with Gasteiger partial charge >= 0.3 is 0 Å². The average Bonchev–Trinajstić information content (AvgIpc) is 2.59. The largest absolute Gasteiger partial charge is 0.354 e. The lowest BCUT2D eigenvalue weighted by atomic mass is 10.1. The molecule has 0 aliphatic carbocycles. The molecule has 0 saturated heterocycles. The molecule has 5 nitrogen and oxygen atoms in total. The fraction of sp³-hybridized carbons (Fsp3) is 0.381. The number of anilines is 1. The predicted octanol–water partition coefficient (Wildman–Crippen LogP) is 3.58. The highest BCUT2D eigenvalue weighted by molar-refractivity contribution is 7.92. The Morgan fingerprint density at radius 3 is 2.15 bits per heavy atom. The quantitative estimate of drug-likeness (QED) is 0.788. The van der Waals surface area contributed by atoms with Gasteiger partial charge in [0.1, 0.15) is 6.54 Å². The van der Waals surface area contributed by atoms with Gasteiger partial charge in [-0.1, -0.05) is 49.2 Å². The number of nitrogens with one attached hydrogen (secondary N) is 1. The molecule has 0 fully saturated rings. The van der Waals surface area contributed by atoms with Crippen molar-refractivity contribution in [1.82, 2.24) is 5.32 Å². The summed E-state index contributed by atoms with van der Waals surface area (Å²) in [4.78, 5) is 12.6. The Labute approximate surface area is 162 Å². The van der Waals surface area contributed by atoms with E-state index >= 15 is 0 Å². The molecule has 0 heterocycles. The summed E-state index contributed by atoms with van der Waals surface area (Å²) in [5.41, 5.74) is 3.33. The van der Waals surface area contributed by atoms with Gasteiger partial charge in [-0.15, -0.1) is 0 Å². The molecule has 0 unspecified atom stereocenters. The van der Waals surface area contributed by atoms with Crippen LogP contribution in [0, 0.1) is 26.7 Å². The van der Waals surface area contributed by atoms with Crippen LogP contribution in [0.2, 0.25) is 0 Å². The summed E-state index contributed by atoms with van der Waals surface area (Å²) < 4.78 is 27.8. The number of amides is 1. The van der Waals surface area contributed by atoms with Crippen LogP contribution in [-0.2, 0) is 14.8 Å². The van der Waals surface area contributed by atoms with Crippen LogP contribution in [0.5, 0.6) is 0 Å². The van der Waals surface area contributed by atoms with Crippen molar-refractivity contribution in [1.29, 1.82) is 0 Å². The second-order valence-corrected chi connectivity index (χ2v) is 9.17. The molecule has 27 heavy (non-hydrogen) atoms. The molecule has 0 radical (unpaired) electrons. The van der Waals surface area contributed by atoms with E-state index in [1.54, 1.807) is 30.3 Å². The fourth-order valence-electron chi connectivity index (χ4n) is 2.73. The van der Waals surface area contributed by atoms with Crippen LogP contribution in [0.1, 0.15) is 30.5 Å². The van der Waals surface area contributed by atoms with E-state index in [4.69, 9.17) is 0 Å². The number of carbonyl (C=O) groups excluding carboxylic acids is 1. The van der Waals surface area contributed by atoms with Crippen molar-refractivity contribution in [3.05, 3.63) is 59.2 Å².